The van der Waals surface area contributed by atoms with Crippen LogP contribution in [0.1, 0.15) is 30.6 Å². The monoisotopic (exact) mass is 289 g/mol. The summed E-state index contributed by atoms with van der Waals surface area (Å²) in [5, 5.41) is 2.95. The Labute approximate surface area is 100 Å². The number of anilines is 1. The number of Topliss-reactive ketones (excluding diaryl/α,β-unsaturated/α-hetero) is 1. The van der Waals surface area contributed by atoms with Gasteiger partial charge in [0.1, 0.15) is 5.82 Å². The summed E-state index contributed by atoms with van der Waals surface area (Å²) >= 11 is 2.78. The van der Waals surface area contributed by atoms with Crippen molar-refractivity contribution in [3.63, 3.8) is 0 Å². The van der Waals surface area contributed by atoms with Crippen LogP contribution in [0.5, 0.6) is 0 Å². The van der Waals surface area contributed by atoms with E-state index in [9.17, 15) is 13.6 Å². The summed E-state index contributed by atoms with van der Waals surface area (Å²) in [5.74, 6) is -1.85. The van der Waals surface area contributed by atoms with Gasteiger partial charge in [0.05, 0.1) is 15.7 Å². The predicted molar refractivity (Wildman–Crippen MR) is 60.7 cm³/mol. The van der Waals surface area contributed by atoms with E-state index in [2.05, 4.69) is 21.2 Å². The highest BCUT2D eigenvalue weighted by molar-refractivity contribution is 9.10. The van der Waals surface area contributed by atoms with Gasteiger partial charge in [-0.05, 0) is 35.8 Å². The quantitative estimate of drug-likeness (QED) is 0.741. The molecule has 0 atom stereocenters. The van der Waals surface area contributed by atoms with E-state index < -0.39 is 17.2 Å². The normalized spacial score (nSPS) is 17.9. The number of fused-ring (bicyclic) bond motifs is 1. The molecule has 0 saturated carbocycles. The van der Waals surface area contributed by atoms with Crippen LogP contribution < -0.4 is 5.32 Å². The maximum absolute atomic E-state index is 13.7. The van der Waals surface area contributed by atoms with Crippen LogP contribution in [0.25, 0.3) is 0 Å². The van der Waals surface area contributed by atoms with Crippen molar-refractivity contribution < 1.29 is 13.6 Å². The summed E-state index contributed by atoms with van der Waals surface area (Å²) in [6.45, 7) is 3.62. The molecule has 0 radical (unpaired) electrons. The number of benzene rings is 1. The number of carbonyl (C=O) groups excluding carboxylic acids is 1. The molecule has 1 heterocycles. The van der Waals surface area contributed by atoms with Gasteiger partial charge in [0.25, 0.3) is 0 Å². The lowest BCUT2D eigenvalue weighted by molar-refractivity contribution is 0.0954. The molecule has 0 unspecified atom stereocenters. The molecule has 0 fully saturated rings. The first-order valence-corrected chi connectivity index (χ1v) is 5.60. The zero-order chi connectivity index (χ0) is 12.1. The molecule has 0 aromatic heterocycles. The highest BCUT2D eigenvalue weighted by Gasteiger charge is 2.34. The van der Waals surface area contributed by atoms with Gasteiger partial charge in [0, 0.05) is 12.0 Å². The summed E-state index contributed by atoms with van der Waals surface area (Å²) in [5.41, 5.74) is -0.316. The van der Waals surface area contributed by atoms with E-state index >= 15 is 0 Å². The van der Waals surface area contributed by atoms with Crippen molar-refractivity contribution >= 4 is 27.4 Å². The van der Waals surface area contributed by atoms with Crippen molar-refractivity contribution in [3.8, 4) is 0 Å². The number of rotatable bonds is 0. The third-order valence-electron chi connectivity index (χ3n) is 2.52. The molecule has 0 spiro atoms. The molecule has 5 heteroatoms. The number of nitrogens with one attached hydrogen (secondary N) is 1. The highest BCUT2D eigenvalue weighted by atomic mass is 79.9. The fourth-order valence-corrected chi connectivity index (χ4v) is 2.18. The van der Waals surface area contributed by atoms with Crippen LogP contribution in [0.15, 0.2) is 10.5 Å². The lowest BCUT2D eigenvalue weighted by Gasteiger charge is -2.33. The minimum Gasteiger partial charge on any atom is -0.379 e. The third kappa shape index (κ3) is 1.73. The molecular weight excluding hydrogens is 280 g/mol. The van der Waals surface area contributed by atoms with Gasteiger partial charge in [-0.2, -0.15) is 0 Å². The van der Waals surface area contributed by atoms with Gasteiger partial charge in [0.15, 0.2) is 11.6 Å². The van der Waals surface area contributed by atoms with Crippen molar-refractivity contribution in [2.75, 3.05) is 5.32 Å². The third-order valence-corrected chi connectivity index (χ3v) is 3.24. The van der Waals surface area contributed by atoms with Gasteiger partial charge in [0.2, 0.25) is 0 Å². The van der Waals surface area contributed by atoms with Crippen LogP contribution in [-0.4, -0.2) is 11.3 Å². The Kier molecular flexibility index (Phi) is 2.53. The number of carbonyl (C=O) groups is 1. The highest BCUT2D eigenvalue weighted by Crippen LogP contribution is 2.36. The lowest BCUT2D eigenvalue weighted by atomic mass is 9.88. The van der Waals surface area contributed by atoms with Gasteiger partial charge in [-0.3, -0.25) is 4.79 Å². The summed E-state index contributed by atoms with van der Waals surface area (Å²) in [7, 11) is 0. The zero-order valence-corrected chi connectivity index (χ0v) is 10.4. The Morgan fingerprint density at radius 1 is 1.44 bits per heavy atom. The van der Waals surface area contributed by atoms with Crippen LogP contribution in [0.2, 0.25) is 0 Å². The van der Waals surface area contributed by atoms with Crippen LogP contribution in [0.4, 0.5) is 14.5 Å². The van der Waals surface area contributed by atoms with E-state index in [1.807, 2.05) is 13.8 Å². The van der Waals surface area contributed by atoms with Crippen LogP contribution in [0, 0.1) is 11.6 Å². The molecule has 0 bridgehead atoms. The van der Waals surface area contributed by atoms with E-state index in [4.69, 9.17) is 0 Å². The Bertz CT molecular complexity index is 485. The molecular formula is C11H10BrF2NO. The number of hydrogen-bond acceptors (Lipinski definition) is 2. The minimum absolute atomic E-state index is 0.0624. The van der Waals surface area contributed by atoms with Gasteiger partial charge in [-0.15, -0.1) is 0 Å². The average molecular weight is 290 g/mol. The average Bonchev–Trinajstić information content (AvgIpc) is 2.11. The topological polar surface area (TPSA) is 29.1 Å². The first kappa shape index (κ1) is 11.5. The maximum Gasteiger partial charge on any atom is 0.170 e. The molecule has 0 saturated heterocycles. The Hall–Kier alpha value is -0.970. The van der Waals surface area contributed by atoms with E-state index in [1.165, 1.54) is 0 Å². The number of ketones is 1. The van der Waals surface area contributed by atoms with E-state index in [0.29, 0.717) is 0 Å². The van der Waals surface area contributed by atoms with Gasteiger partial charge in [-0.1, -0.05) is 0 Å². The van der Waals surface area contributed by atoms with Crippen molar-refractivity contribution in [1.29, 1.82) is 0 Å². The van der Waals surface area contributed by atoms with E-state index in [-0.39, 0.29) is 27.9 Å². The number of hydrogen-bond donors (Lipinski definition) is 1. The van der Waals surface area contributed by atoms with Gasteiger partial charge in [-0.25, -0.2) is 8.78 Å². The standard InChI is InChI=1S/C11H10BrF2NO/c1-11(2)4-7(16)8-6(15-11)3-5(13)9(12)10(8)14/h3,15H,4H2,1-2H3. The van der Waals surface area contributed by atoms with Crippen molar-refractivity contribution in [3.05, 3.63) is 27.7 Å². The second-order valence-electron chi connectivity index (χ2n) is 4.52. The largest absolute Gasteiger partial charge is 0.379 e. The summed E-state index contributed by atoms with van der Waals surface area (Å²) in [6.07, 6.45) is 0.189. The van der Waals surface area contributed by atoms with Crippen LogP contribution in [-0.2, 0) is 0 Å². The lowest BCUT2D eigenvalue weighted by Crippen LogP contribution is -2.38. The predicted octanol–water partition coefficient (Wildman–Crippen LogP) is 3.50. The van der Waals surface area contributed by atoms with E-state index in [1.54, 1.807) is 0 Å². The van der Waals surface area contributed by atoms with Crippen molar-refractivity contribution in [1.82, 2.24) is 0 Å². The fraction of sp³-hybridized carbons (Fsp3) is 0.364. The fourth-order valence-electron chi connectivity index (χ4n) is 1.86. The molecule has 0 amide bonds. The molecule has 2 rings (SSSR count). The smallest absolute Gasteiger partial charge is 0.170 e. The summed E-state index contributed by atoms with van der Waals surface area (Å²) in [4.78, 5) is 11.8. The maximum atomic E-state index is 13.7. The second-order valence-corrected chi connectivity index (χ2v) is 5.31. The minimum atomic E-state index is -0.831. The first-order valence-electron chi connectivity index (χ1n) is 4.81. The molecule has 1 aromatic carbocycles. The molecule has 86 valence electrons. The Morgan fingerprint density at radius 2 is 2.06 bits per heavy atom. The van der Waals surface area contributed by atoms with Crippen molar-refractivity contribution in [2.24, 2.45) is 0 Å². The Morgan fingerprint density at radius 3 is 2.69 bits per heavy atom. The van der Waals surface area contributed by atoms with Gasteiger partial charge < -0.3 is 5.32 Å². The van der Waals surface area contributed by atoms with Crippen LogP contribution >= 0.6 is 15.9 Å². The van der Waals surface area contributed by atoms with Crippen molar-refractivity contribution in [2.45, 2.75) is 25.8 Å². The molecule has 1 aliphatic rings. The molecule has 16 heavy (non-hydrogen) atoms. The number of halogens is 3. The first-order chi connectivity index (χ1) is 7.32. The Balaban J connectivity index is 2.66. The second kappa shape index (κ2) is 3.52. The zero-order valence-electron chi connectivity index (χ0n) is 8.83. The van der Waals surface area contributed by atoms with E-state index in [0.717, 1.165) is 6.07 Å². The molecule has 1 aliphatic heterocycles. The molecule has 2 nitrogen and oxygen atoms in total. The molecule has 1 N–H and O–H groups in total. The summed E-state index contributed by atoms with van der Waals surface area (Å²) in [6, 6.07) is 1.14. The SMILES string of the molecule is CC1(C)CC(=O)c2c(cc(F)c(Br)c2F)N1. The van der Waals surface area contributed by atoms with Gasteiger partial charge >= 0.3 is 0 Å². The molecule has 1 aromatic rings. The van der Waals surface area contributed by atoms with Crippen LogP contribution in [0.3, 0.4) is 0 Å². The molecule has 0 aliphatic carbocycles. The summed E-state index contributed by atoms with van der Waals surface area (Å²) < 4.78 is 26.7.